The monoisotopic (exact) mass is 325 g/mol. The second-order valence-corrected chi connectivity index (χ2v) is 6.38. The number of urea groups is 1. The number of rotatable bonds is 3. The number of hydrogen-bond donors (Lipinski definition) is 2. The molecule has 124 valence electrons. The molecule has 1 aromatic carbocycles. The molecule has 3 aliphatic rings. The van der Waals surface area contributed by atoms with Gasteiger partial charge in [-0.1, -0.05) is 18.2 Å². The van der Waals surface area contributed by atoms with E-state index < -0.39 is 0 Å². The Morgan fingerprint density at radius 2 is 1.88 bits per heavy atom. The van der Waals surface area contributed by atoms with Gasteiger partial charge in [-0.3, -0.25) is 5.32 Å². The van der Waals surface area contributed by atoms with Crippen LogP contribution in [0.5, 0.6) is 11.5 Å². The highest BCUT2D eigenvalue weighted by molar-refractivity contribution is 5.88. The van der Waals surface area contributed by atoms with Crippen LogP contribution in [0.4, 0.5) is 10.6 Å². The number of para-hydroxylation sites is 1. The van der Waals surface area contributed by atoms with Crippen molar-refractivity contribution in [3.05, 3.63) is 48.7 Å². The van der Waals surface area contributed by atoms with Crippen LogP contribution >= 0.6 is 0 Å². The van der Waals surface area contributed by atoms with Gasteiger partial charge in [0.15, 0.2) is 0 Å². The molecule has 1 aliphatic carbocycles. The fourth-order valence-corrected chi connectivity index (χ4v) is 3.36. The summed E-state index contributed by atoms with van der Waals surface area (Å²) >= 11 is 0. The molecule has 2 unspecified atom stereocenters. The Balaban J connectivity index is 1.34. The van der Waals surface area contributed by atoms with Crippen LogP contribution in [0.2, 0.25) is 0 Å². The molecule has 1 saturated carbocycles. The molecular formula is C18H19N3O3. The van der Waals surface area contributed by atoms with Crippen molar-refractivity contribution in [2.75, 3.05) is 18.4 Å². The quantitative estimate of drug-likeness (QED) is 0.910. The number of carbonyl (C=O) groups is 1. The van der Waals surface area contributed by atoms with E-state index in [4.69, 9.17) is 4.74 Å². The van der Waals surface area contributed by atoms with Gasteiger partial charge < -0.3 is 14.7 Å². The van der Waals surface area contributed by atoms with Crippen LogP contribution in [0.25, 0.3) is 0 Å². The lowest BCUT2D eigenvalue weighted by Gasteiger charge is -2.50. The first-order valence-corrected chi connectivity index (χ1v) is 8.12. The summed E-state index contributed by atoms with van der Waals surface area (Å²) < 4.78 is 5.67. The fraction of sp³-hybridized carbons (Fsp3) is 0.333. The van der Waals surface area contributed by atoms with Crippen LogP contribution in [-0.2, 0) is 0 Å². The van der Waals surface area contributed by atoms with E-state index >= 15 is 0 Å². The minimum atomic E-state index is -0.235. The Morgan fingerprint density at radius 1 is 1.12 bits per heavy atom. The number of fused-ring (bicyclic) bond motifs is 2. The van der Waals surface area contributed by atoms with E-state index in [2.05, 4.69) is 10.3 Å². The third kappa shape index (κ3) is 2.92. The van der Waals surface area contributed by atoms with Crippen LogP contribution in [0.15, 0.2) is 48.7 Å². The van der Waals surface area contributed by atoms with E-state index in [1.807, 2.05) is 30.3 Å². The summed E-state index contributed by atoms with van der Waals surface area (Å²) in [7, 11) is 0. The molecule has 3 fully saturated rings. The molecule has 5 rings (SSSR count). The van der Waals surface area contributed by atoms with Crippen LogP contribution in [0, 0.1) is 11.8 Å². The number of piperidine rings is 2. The smallest absolute Gasteiger partial charge is 0.323 e. The normalized spacial score (nSPS) is 24.9. The van der Waals surface area contributed by atoms with Gasteiger partial charge in [-0.05, 0) is 30.7 Å². The lowest BCUT2D eigenvalue weighted by Crippen LogP contribution is -2.60. The second-order valence-electron chi connectivity index (χ2n) is 6.38. The predicted molar refractivity (Wildman–Crippen MR) is 88.9 cm³/mol. The molecule has 6 nitrogen and oxygen atoms in total. The van der Waals surface area contributed by atoms with E-state index in [0.717, 1.165) is 12.2 Å². The van der Waals surface area contributed by atoms with Gasteiger partial charge in [0, 0.05) is 24.9 Å². The van der Waals surface area contributed by atoms with Crippen molar-refractivity contribution in [2.24, 2.45) is 11.8 Å². The number of anilines is 1. The Morgan fingerprint density at radius 3 is 2.50 bits per heavy atom. The minimum Gasteiger partial charge on any atom is -0.456 e. The number of hydrogen-bond acceptors (Lipinski definition) is 4. The average Bonchev–Trinajstić information content (AvgIpc) is 2.64. The number of amides is 2. The largest absolute Gasteiger partial charge is 0.456 e. The summed E-state index contributed by atoms with van der Waals surface area (Å²) in [6.45, 7) is 1.22. The number of benzene rings is 1. The number of aromatic nitrogens is 1. The van der Waals surface area contributed by atoms with Gasteiger partial charge >= 0.3 is 6.03 Å². The summed E-state index contributed by atoms with van der Waals surface area (Å²) in [5.74, 6) is 2.29. The Bertz CT molecular complexity index is 708. The molecule has 3 heterocycles. The number of carbonyl (C=O) groups excluding carboxylic acids is 1. The van der Waals surface area contributed by atoms with Gasteiger partial charge in [0.1, 0.15) is 17.3 Å². The Kier molecular flexibility index (Phi) is 3.82. The van der Waals surface area contributed by atoms with Crippen molar-refractivity contribution in [1.29, 1.82) is 0 Å². The summed E-state index contributed by atoms with van der Waals surface area (Å²) in [5, 5.41) is 12.6. The van der Waals surface area contributed by atoms with Crippen molar-refractivity contribution in [1.82, 2.24) is 9.88 Å². The highest BCUT2D eigenvalue weighted by Crippen LogP contribution is 2.39. The van der Waals surface area contributed by atoms with Gasteiger partial charge in [-0.2, -0.15) is 0 Å². The summed E-state index contributed by atoms with van der Waals surface area (Å²) in [4.78, 5) is 18.3. The van der Waals surface area contributed by atoms with Gasteiger partial charge in [0.05, 0.1) is 12.3 Å². The first kappa shape index (κ1) is 15.0. The topological polar surface area (TPSA) is 74.7 Å². The van der Waals surface area contributed by atoms with Crippen molar-refractivity contribution in [2.45, 2.75) is 12.5 Å². The first-order chi connectivity index (χ1) is 11.7. The molecule has 0 spiro atoms. The van der Waals surface area contributed by atoms with E-state index in [1.165, 1.54) is 0 Å². The third-order valence-corrected chi connectivity index (χ3v) is 4.72. The second kappa shape index (κ2) is 6.13. The van der Waals surface area contributed by atoms with E-state index in [1.54, 1.807) is 23.2 Å². The molecule has 1 aromatic heterocycles. The van der Waals surface area contributed by atoms with E-state index in [-0.39, 0.29) is 24.0 Å². The molecule has 0 radical (unpaired) electrons. The van der Waals surface area contributed by atoms with Crippen molar-refractivity contribution < 1.29 is 14.6 Å². The molecule has 24 heavy (non-hydrogen) atoms. The van der Waals surface area contributed by atoms with Gasteiger partial charge in [-0.25, -0.2) is 9.78 Å². The summed E-state index contributed by atoms with van der Waals surface area (Å²) in [5.41, 5.74) is 0. The number of aliphatic hydroxyl groups excluding tert-OH is 1. The van der Waals surface area contributed by atoms with Crippen molar-refractivity contribution in [3.8, 4) is 11.5 Å². The molecular weight excluding hydrogens is 306 g/mol. The SMILES string of the molecule is O=C(Nc1ccc(Oc2ccccc2)cn1)N1CC2CC(C1)C2O. The highest BCUT2D eigenvalue weighted by Gasteiger charge is 2.46. The zero-order valence-corrected chi connectivity index (χ0v) is 13.1. The Hall–Kier alpha value is -2.60. The third-order valence-electron chi connectivity index (χ3n) is 4.72. The maximum Gasteiger partial charge on any atom is 0.323 e. The van der Waals surface area contributed by atoms with E-state index in [0.29, 0.717) is 24.7 Å². The van der Waals surface area contributed by atoms with Crippen LogP contribution in [-0.4, -0.2) is 40.2 Å². The fourth-order valence-electron chi connectivity index (χ4n) is 3.36. The maximum absolute atomic E-state index is 12.3. The molecule has 2 amide bonds. The molecule has 2 atom stereocenters. The molecule has 2 aromatic rings. The lowest BCUT2D eigenvalue weighted by atomic mass is 9.68. The lowest BCUT2D eigenvalue weighted by molar-refractivity contribution is -0.0937. The zero-order chi connectivity index (χ0) is 16.5. The van der Waals surface area contributed by atoms with Crippen LogP contribution < -0.4 is 10.1 Å². The molecule has 6 heteroatoms. The number of nitrogens with zero attached hydrogens (tertiary/aromatic N) is 2. The number of aliphatic hydroxyl groups is 1. The molecule has 2 aliphatic heterocycles. The maximum atomic E-state index is 12.3. The highest BCUT2D eigenvalue weighted by atomic mass is 16.5. The van der Waals surface area contributed by atoms with Crippen LogP contribution in [0.3, 0.4) is 0 Å². The van der Waals surface area contributed by atoms with Gasteiger partial charge in [-0.15, -0.1) is 0 Å². The average molecular weight is 325 g/mol. The number of pyridine rings is 1. The zero-order valence-electron chi connectivity index (χ0n) is 13.1. The summed E-state index contributed by atoms with van der Waals surface area (Å²) in [6, 6.07) is 12.8. The van der Waals surface area contributed by atoms with Gasteiger partial charge in [0.2, 0.25) is 0 Å². The van der Waals surface area contributed by atoms with E-state index in [9.17, 15) is 9.90 Å². The minimum absolute atomic E-state index is 0.166. The molecule has 2 bridgehead atoms. The predicted octanol–water partition coefficient (Wildman–Crippen LogP) is 2.72. The van der Waals surface area contributed by atoms with Crippen molar-refractivity contribution in [3.63, 3.8) is 0 Å². The first-order valence-electron chi connectivity index (χ1n) is 8.12. The van der Waals surface area contributed by atoms with Crippen LogP contribution in [0.1, 0.15) is 6.42 Å². The number of ether oxygens (including phenoxy) is 1. The standard InChI is InChI=1S/C18H19N3O3/c22-17-12-8-13(17)11-21(10-12)18(23)20-16-7-6-15(9-19-16)24-14-4-2-1-3-5-14/h1-7,9,12-13,17,22H,8,10-11H2,(H,19,20,23). The Labute approximate surface area is 140 Å². The van der Waals surface area contributed by atoms with Crippen molar-refractivity contribution >= 4 is 11.8 Å². The summed E-state index contributed by atoms with van der Waals surface area (Å²) in [6.07, 6.45) is 2.37. The molecule has 2 saturated heterocycles. The molecule has 2 N–H and O–H groups in total. The number of nitrogens with one attached hydrogen (secondary N) is 1. The van der Waals surface area contributed by atoms with Gasteiger partial charge in [0.25, 0.3) is 0 Å².